The molecule has 1 amide bonds. The van der Waals surface area contributed by atoms with Crippen molar-refractivity contribution in [3.63, 3.8) is 0 Å². The largest absolute Gasteiger partial charge is 0.457 e. The van der Waals surface area contributed by atoms with Gasteiger partial charge in [-0.2, -0.15) is 0 Å². The zero-order valence-electron chi connectivity index (χ0n) is 10.6. The summed E-state index contributed by atoms with van der Waals surface area (Å²) in [6, 6.07) is 8.94. The first-order valence-corrected chi connectivity index (χ1v) is 5.83. The summed E-state index contributed by atoms with van der Waals surface area (Å²) in [5.74, 6) is 0.628. The number of carbonyl (C=O) groups excluding carboxylic acids is 1. The maximum atomic E-state index is 11.1. The molecule has 19 heavy (non-hydrogen) atoms. The van der Waals surface area contributed by atoms with E-state index in [-0.39, 0.29) is 5.69 Å². The van der Waals surface area contributed by atoms with Crippen molar-refractivity contribution in [3.05, 3.63) is 53.3 Å². The van der Waals surface area contributed by atoms with Gasteiger partial charge < -0.3 is 16.2 Å². The maximum absolute atomic E-state index is 11.1. The van der Waals surface area contributed by atoms with Gasteiger partial charge in [0.05, 0.1) is 0 Å². The highest BCUT2D eigenvalue weighted by Gasteiger charge is 2.06. The zero-order chi connectivity index (χ0) is 13.8. The third kappa shape index (κ3) is 3.08. The molecule has 1 aromatic heterocycles. The fraction of sp³-hybridized carbons (Fsp3) is 0.143. The molecule has 0 spiro atoms. The van der Waals surface area contributed by atoms with Gasteiger partial charge in [-0.15, -0.1) is 0 Å². The number of nitrogens with zero attached hydrogens (tertiary/aromatic N) is 1. The highest BCUT2D eigenvalue weighted by atomic mass is 16.5. The second-order valence-corrected chi connectivity index (χ2v) is 4.15. The topological polar surface area (TPSA) is 91.2 Å². The van der Waals surface area contributed by atoms with Crippen molar-refractivity contribution in [1.29, 1.82) is 0 Å². The maximum Gasteiger partial charge on any atom is 0.267 e. The van der Waals surface area contributed by atoms with E-state index in [1.54, 1.807) is 6.07 Å². The van der Waals surface area contributed by atoms with E-state index >= 15 is 0 Å². The van der Waals surface area contributed by atoms with E-state index in [1.807, 2.05) is 25.1 Å². The van der Waals surface area contributed by atoms with Gasteiger partial charge in [-0.3, -0.25) is 9.78 Å². The van der Waals surface area contributed by atoms with E-state index < -0.39 is 5.91 Å². The fourth-order valence-electron chi connectivity index (χ4n) is 1.62. The van der Waals surface area contributed by atoms with Crippen molar-refractivity contribution in [2.75, 3.05) is 0 Å². The molecule has 2 rings (SSSR count). The number of aryl methyl sites for hydroxylation is 1. The van der Waals surface area contributed by atoms with Crippen molar-refractivity contribution < 1.29 is 9.53 Å². The first kappa shape index (κ1) is 13.0. The zero-order valence-corrected chi connectivity index (χ0v) is 10.6. The van der Waals surface area contributed by atoms with Crippen LogP contribution in [0.3, 0.4) is 0 Å². The number of aromatic nitrogens is 1. The summed E-state index contributed by atoms with van der Waals surface area (Å²) >= 11 is 0. The lowest BCUT2D eigenvalue weighted by Crippen LogP contribution is -2.12. The lowest BCUT2D eigenvalue weighted by molar-refractivity contribution is 0.0995. The smallest absolute Gasteiger partial charge is 0.267 e. The molecule has 0 fully saturated rings. The molecule has 0 aliphatic heterocycles. The monoisotopic (exact) mass is 257 g/mol. The lowest BCUT2D eigenvalue weighted by Gasteiger charge is -2.10. The predicted molar refractivity (Wildman–Crippen MR) is 71.9 cm³/mol. The van der Waals surface area contributed by atoms with Crippen LogP contribution in [0.2, 0.25) is 0 Å². The number of nitrogens with two attached hydrogens (primary N) is 2. The first-order valence-electron chi connectivity index (χ1n) is 5.83. The molecule has 2 aromatic rings. The molecule has 1 aromatic carbocycles. The molecule has 0 unspecified atom stereocenters. The van der Waals surface area contributed by atoms with Crippen molar-refractivity contribution in [3.8, 4) is 11.5 Å². The summed E-state index contributed by atoms with van der Waals surface area (Å²) in [5.41, 5.74) is 12.9. The van der Waals surface area contributed by atoms with Crippen LogP contribution in [0.25, 0.3) is 0 Å². The number of primary amides is 1. The summed E-state index contributed by atoms with van der Waals surface area (Å²) in [6.07, 6.45) is 1.48. The van der Waals surface area contributed by atoms with Crippen LogP contribution in [-0.4, -0.2) is 10.9 Å². The van der Waals surface area contributed by atoms with E-state index in [9.17, 15) is 4.79 Å². The molecule has 0 atom stereocenters. The van der Waals surface area contributed by atoms with Gasteiger partial charge >= 0.3 is 0 Å². The van der Waals surface area contributed by atoms with Crippen LogP contribution in [0.4, 0.5) is 0 Å². The molecule has 4 N–H and O–H groups in total. The minimum Gasteiger partial charge on any atom is -0.457 e. The Morgan fingerprint density at radius 2 is 2.11 bits per heavy atom. The molecule has 0 saturated carbocycles. The van der Waals surface area contributed by atoms with Crippen LogP contribution in [0.1, 0.15) is 21.6 Å². The minimum atomic E-state index is -0.585. The molecule has 5 nitrogen and oxygen atoms in total. The summed E-state index contributed by atoms with van der Waals surface area (Å²) < 4.78 is 5.74. The number of hydrogen-bond acceptors (Lipinski definition) is 4. The van der Waals surface area contributed by atoms with Crippen LogP contribution in [0, 0.1) is 6.92 Å². The molecular weight excluding hydrogens is 242 g/mol. The number of amides is 1. The van der Waals surface area contributed by atoms with Crippen molar-refractivity contribution in [2.24, 2.45) is 11.5 Å². The molecule has 98 valence electrons. The Kier molecular flexibility index (Phi) is 3.77. The number of ether oxygens (including phenoxy) is 1. The SMILES string of the molecule is Cc1ccc(CN)cc1Oc1ccnc(C(N)=O)c1. The first-order chi connectivity index (χ1) is 9.10. The molecule has 0 aliphatic carbocycles. The summed E-state index contributed by atoms with van der Waals surface area (Å²) in [5, 5.41) is 0. The van der Waals surface area contributed by atoms with E-state index in [1.165, 1.54) is 12.3 Å². The number of benzene rings is 1. The van der Waals surface area contributed by atoms with Crippen molar-refractivity contribution in [2.45, 2.75) is 13.5 Å². The van der Waals surface area contributed by atoms with E-state index in [0.717, 1.165) is 11.1 Å². The summed E-state index contributed by atoms with van der Waals surface area (Å²) in [6.45, 7) is 2.38. The quantitative estimate of drug-likeness (QED) is 0.872. The third-order valence-corrected chi connectivity index (χ3v) is 2.70. The number of carbonyl (C=O) groups is 1. The fourth-order valence-corrected chi connectivity index (χ4v) is 1.62. The molecule has 0 saturated heterocycles. The van der Waals surface area contributed by atoms with Gasteiger partial charge in [0, 0.05) is 18.8 Å². The highest BCUT2D eigenvalue weighted by Crippen LogP contribution is 2.26. The summed E-state index contributed by atoms with van der Waals surface area (Å²) in [4.78, 5) is 14.9. The Labute approximate surface area is 111 Å². The van der Waals surface area contributed by atoms with Crippen LogP contribution in [-0.2, 0) is 6.54 Å². The van der Waals surface area contributed by atoms with Gasteiger partial charge in [-0.25, -0.2) is 0 Å². The van der Waals surface area contributed by atoms with Gasteiger partial charge in [0.15, 0.2) is 0 Å². The number of hydrogen-bond donors (Lipinski definition) is 2. The van der Waals surface area contributed by atoms with Crippen LogP contribution in [0.15, 0.2) is 36.5 Å². The van der Waals surface area contributed by atoms with Gasteiger partial charge in [-0.1, -0.05) is 12.1 Å². The second kappa shape index (κ2) is 5.49. The lowest BCUT2D eigenvalue weighted by atomic mass is 10.1. The van der Waals surface area contributed by atoms with Gasteiger partial charge in [0.2, 0.25) is 0 Å². The standard InChI is InChI=1S/C14H15N3O2/c1-9-2-3-10(8-15)6-13(9)19-11-4-5-17-12(7-11)14(16)18/h2-7H,8,15H2,1H3,(H2,16,18). The molecular formula is C14H15N3O2. The average Bonchev–Trinajstić information content (AvgIpc) is 2.41. The van der Waals surface area contributed by atoms with E-state index in [2.05, 4.69) is 4.98 Å². The second-order valence-electron chi connectivity index (χ2n) is 4.15. The average molecular weight is 257 g/mol. The molecule has 0 aliphatic rings. The minimum absolute atomic E-state index is 0.171. The van der Waals surface area contributed by atoms with Crippen molar-refractivity contribution in [1.82, 2.24) is 4.98 Å². The Bertz CT molecular complexity index is 611. The van der Waals surface area contributed by atoms with Gasteiger partial charge in [0.1, 0.15) is 17.2 Å². The van der Waals surface area contributed by atoms with Crippen molar-refractivity contribution >= 4 is 5.91 Å². The number of pyridine rings is 1. The van der Waals surface area contributed by atoms with Gasteiger partial charge in [-0.05, 0) is 30.2 Å². The third-order valence-electron chi connectivity index (χ3n) is 2.70. The van der Waals surface area contributed by atoms with E-state index in [0.29, 0.717) is 18.0 Å². The van der Waals surface area contributed by atoms with Gasteiger partial charge in [0.25, 0.3) is 5.91 Å². The van der Waals surface area contributed by atoms with Crippen LogP contribution < -0.4 is 16.2 Å². The number of rotatable bonds is 4. The highest BCUT2D eigenvalue weighted by molar-refractivity contribution is 5.91. The summed E-state index contributed by atoms with van der Waals surface area (Å²) in [7, 11) is 0. The van der Waals surface area contributed by atoms with E-state index in [4.69, 9.17) is 16.2 Å². The molecule has 5 heteroatoms. The molecule has 1 heterocycles. The van der Waals surface area contributed by atoms with Crippen LogP contribution >= 0.6 is 0 Å². The van der Waals surface area contributed by atoms with Crippen LogP contribution in [0.5, 0.6) is 11.5 Å². The predicted octanol–water partition coefficient (Wildman–Crippen LogP) is 1.74. The Balaban J connectivity index is 2.30. The Morgan fingerprint density at radius 3 is 2.79 bits per heavy atom. The normalized spacial score (nSPS) is 10.2. The molecule has 0 bridgehead atoms. The Hall–Kier alpha value is -2.40. The Morgan fingerprint density at radius 1 is 1.32 bits per heavy atom. The molecule has 0 radical (unpaired) electrons.